The van der Waals surface area contributed by atoms with Gasteiger partial charge in [0.25, 0.3) is 0 Å². The van der Waals surface area contributed by atoms with Gasteiger partial charge in [-0.3, -0.25) is 0 Å². The lowest BCUT2D eigenvalue weighted by molar-refractivity contribution is 0.122. The summed E-state index contributed by atoms with van der Waals surface area (Å²) in [5.74, 6) is 0.949. The topological polar surface area (TPSA) is 86.5 Å². The van der Waals surface area contributed by atoms with Crippen LogP contribution in [-0.4, -0.2) is 46.2 Å². The van der Waals surface area contributed by atoms with Crippen LogP contribution in [-0.2, 0) is 22.5 Å². The molecule has 7 nitrogen and oxygen atoms in total. The summed E-state index contributed by atoms with van der Waals surface area (Å²) in [5.41, 5.74) is 4.44. The van der Waals surface area contributed by atoms with E-state index in [-0.39, 0.29) is 11.3 Å². The van der Waals surface area contributed by atoms with E-state index < -0.39 is 11.4 Å². The Morgan fingerprint density at radius 1 is 1.00 bits per heavy atom. The number of aromatic nitrogens is 2. The summed E-state index contributed by atoms with van der Waals surface area (Å²) < 4.78 is 27.4. The van der Waals surface area contributed by atoms with E-state index in [4.69, 9.17) is 14.2 Å². The van der Waals surface area contributed by atoms with Gasteiger partial charge in [-0.25, -0.2) is 4.98 Å². The molecule has 2 atom stereocenters. The number of rotatable bonds is 8. The quantitative estimate of drug-likeness (QED) is 0.359. The van der Waals surface area contributed by atoms with Gasteiger partial charge in [0.05, 0.1) is 19.3 Å². The van der Waals surface area contributed by atoms with Crippen LogP contribution < -0.4 is 9.62 Å². The number of benzene rings is 2. The molecule has 1 saturated heterocycles. The number of ether oxygens (including phenoxy) is 1. The molecule has 2 aromatic heterocycles. The number of nitrogens with one attached hydrogen (secondary N) is 1. The predicted molar refractivity (Wildman–Crippen MR) is 140 cm³/mol. The molecule has 2 aromatic carbocycles. The molecule has 0 bridgehead atoms. The average molecular weight is 491 g/mol. The monoisotopic (exact) mass is 490 g/mol. The first-order valence-corrected chi connectivity index (χ1v) is 13.2. The minimum Gasteiger partial charge on any atom is -0.598 e. The molecular weight excluding hydrogens is 460 g/mol. The van der Waals surface area contributed by atoms with Gasteiger partial charge in [0.2, 0.25) is 0 Å². The van der Waals surface area contributed by atoms with Crippen molar-refractivity contribution < 1.29 is 13.8 Å². The van der Waals surface area contributed by atoms with E-state index in [2.05, 4.69) is 20.8 Å². The minimum atomic E-state index is -1.22. The molecule has 1 aliphatic heterocycles. The highest BCUT2D eigenvalue weighted by Crippen LogP contribution is 2.34. The van der Waals surface area contributed by atoms with Crippen LogP contribution in [0.25, 0.3) is 22.2 Å². The first-order chi connectivity index (χ1) is 17.1. The Kier molecular flexibility index (Phi) is 7.34. The molecule has 0 radical (unpaired) electrons. The lowest BCUT2D eigenvalue weighted by Gasteiger charge is -2.28. The van der Waals surface area contributed by atoms with Crippen molar-refractivity contribution in [1.82, 2.24) is 14.9 Å². The van der Waals surface area contributed by atoms with Crippen LogP contribution >= 0.6 is 0 Å². The number of hydrogen-bond donors (Lipinski definition) is 1. The third kappa shape index (κ3) is 5.36. The Morgan fingerprint density at radius 3 is 2.60 bits per heavy atom. The second-order valence-corrected chi connectivity index (χ2v) is 10.7. The van der Waals surface area contributed by atoms with Crippen molar-refractivity contribution in [1.29, 1.82) is 0 Å². The fraction of sp³-hybridized carbons (Fsp3) is 0.333. The molecule has 182 valence electrons. The third-order valence-electron chi connectivity index (χ3n) is 6.20. The van der Waals surface area contributed by atoms with Gasteiger partial charge in [-0.15, -0.1) is 4.72 Å². The van der Waals surface area contributed by atoms with Gasteiger partial charge in [-0.2, -0.15) is 0 Å². The summed E-state index contributed by atoms with van der Waals surface area (Å²) in [7, 11) is 0. The van der Waals surface area contributed by atoms with E-state index in [0.29, 0.717) is 19.6 Å². The summed E-state index contributed by atoms with van der Waals surface area (Å²) in [4.78, 5) is 7.20. The van der Waals surface area contributed by atoms with Crippen molar-refractivity contribution in [2.75, 3.05) is 31.2 Å². The van der Waals surface area contributed by atoms with Crippen LogP contribution in [0.4, 0.5) is 5.82 Å². The van der Waals surface area contributed by atoms with Crippen molar-refractivity contribution in [2.24, 2.45) is 0 Å². The molecule has 2 unspecified atom stereocenters. The lowest BCUT2D eigenvalue weighted by Crippen LogP contribution is -2.37. The number of para-hydroxylation sites is 1. The molecule has 1 aliphatic rings. The highest BCUT2D eigenvalue weighted by molar-refractivity contribution is 7.90. The summed E-state index contributed by atoms with van der Waals surface area (Å²) in [6.07, 6.45) is 0.587. The Labute approximate surface area is 208 Å². The number of morpholine rings is 1. The highest BCUT2D eigenvalue weighted by atomic mass is 32.2. The summed E-state index contributed by atoms with van der Waals surface area (Å²) in [6, 6.07) is 21.9. The zero-order chi connectivity index (χ0) is 24.2. The smallest absolute Gasteiger partial charge is 0.167 e. The second-order valence-electron chi connectivity index (χ2n) is 8.92. The molecule has 3 heterocycles. The minimum absolute atomic E-state index is 0.0230. The van der Waals surface area contributed by atoms with Crippen molar-refractivity contribution in [3.8, 4) is 11.3 Å². The summed E-state index contributed by atoms with van der Waals surface area (Å²) >= 11 is -1.22. The number of pyridine rings is 1. The highest BCUT2D eigenvalue weighted by Gasteiger charge is 2.26. The van der Waals surface area contributed by atoms with Crippen LogP contribution in [0.15, 0.2) is 71.3 Å². The molecule has 4 aromatic rings. The zero-order valence-electron chi connectivity index (χ0n) is 20.0. The fourth-order valence-electron chi connectivity index (χ4n) is 4.35. The normalized spacial score (nSPS) is 16.1. The molecule has 5 rings (SSSR count). The van der Waals surface area contributed by atoms with Gasteiger partial charge in [0, 0.05) is 47.5 Å². The number of nitrogens with zero attached hydrogens (tertiary/aromatic N) is 3. The van der Waals surface area contributed by atoms with Crippen LogP contribution in [0.3, 0.4) is 0 Å². The van der Waals surface area contributed by atoms with E-state index >= 15 is 0 Å². The zero-order valence-corrected chi connectivity index (χ0v) is 20.8. The standard InChI is InChI=1S/C27H30N4O3S/c1-19(2)35(32)30-24(18-20-8-7-13-26(28-20)31-14-16-33-17-15-31)21-9-3-4-10-22(21)27-23-11-5-6-12-25(23)34-29-27/h3-13,19,24,30H,14-18H2,1-2H3. The van der Waals surface area contributed by atoms with Gasteiger partial charge < -0.3 is 18.7 Å². The number of fused-ring (bicyclic) bond motifs is 1. The molecule has 0 aliphatic carbocycles. The summed E-state index contributed by atoms with van der Waals surface area (Å²) in [5, 5.41) is 5.32. The fourth-order valence-corrected chi connectivity index (χ4v) is 5.11. The van der Waals surface area contributed by atoms with Crippen LogP contribution in [0.2, 0.25) is 0 Å². The largest absolute Gasteiger partial charge is 0.598 e. The van der Waals surface area contributed by atoms with Gasteiger partial charge in [0.15, 0.2) is 5.58 Å². The van der Waals surface area contributed by atoms with E-state index in [1.165, 1.54) is 0 Å². The number of hydrogen-bond acceptors (Lipinski definition) is 7. The van der Waals surface area contributed by atoms with Crippen LogP contribution in [0, 0.1) is 0 Å². The van der Waals surface area contributed by atoms with E-state index in [0.717, 1.165) is 52.4 Å². The van der Waals surface area contributed by atoms with Gasteiger partial charge in [-0.05, 0) is 43.7 Å². The Hall–Kier alpha value is -2.91. The average Bonchev–Trinajstić information content (AvgIpc) is 3.33. The second kappa shape index (κ2) is 10.8. The first kappa shape index (κ1) is 23.8. The molecule has 0 amide bonds. The van der Waals surface area contributed by atoms with Crippen molar-refractivity contribution in [2.45, 2.75) is 31.6 Å². The lowest BCUT2D eigenvalue weighted by atomic mass is 9.94. The molecule has 8 heteroatoms. The Morgan fingerprint density at radius 2 is 1.77 bits per heavy atom. The SMILES string of the molecule is CC(C)[S+]([O-])NC(Cc1cccc(N2CCOCC2)n1)c1ccccc1-c1noc2ccccc12. The van der Waals surface area contributed by atoms with Crippen LogP contribution in [0.5, 0.6) is 0 Å². The third-order valence-corrected chi connectivity index (χ3v) is 7.57. The first-order valence-electron chi connectivity index (χ1n) is 12.0. The van der Waals surface area contributed by atoms with Gasteiger partial charge in [0.1, 0.15) is 16.8 Å². The Balaban J connectivity index is 1.51. The van der Waals surface area contributed by atoms with Gasteiger partial charge in [-0.1, -0.05) is 47.6 Å². The van der Waals surface area contributed by atoms with Gasteiger partial charge >= 0.3 is 0 Å². The van der Waals surface area contributed by atoms with Crippen LogP contribution in [0.1, 0.15) is 31.1 Å². The van der Waals surface area contributed by atoms with Crippen molar-refractivity contribution in [3.63, 3.8) is 0 Å². The molecule has 0 spiro atoms. The van der Waals surface area contributed by atoms with Crippen molar-refractivity contribution in [3.05, 3.63) is 78.0 Å². The molecular formula is C27H30N4O3S. The van der Waals surface area contributed by atoms with Crippen molar-refractivity contribution >= 4 is 28.1 Å². The molecule has 0 saturated carbocycles. The van der Waals surface area contributed by atoms with E-state index in [1.807, 2.05) is 74.5 Å². The summed E-state index contributed by atoms with van der Waals surface area (Å²) in [6.45, 7) is 6.99. The molecule has 1 fully saturated rings. The number of anilines is 1. The molecule has 1 N–H and O–H groups in total. The maximum Gasteiger partial charge on any atom is 0.167 e. The maximum atomic E-state index is 13.0. The Bertz CT molecular complexity index is 1270. The van der Waals surface area contributed by atoms with E-state index in [1.54, 1.807) is 0 Å². The predicted octanol–water partition coefficient (Wildman–Crippen LogP) is 4.67. The molecule has 35 heavy (non-hydrogen) atoms. The maximum absolute atomic E-state index is 13.0. The van der Waals surface area contributed by atoms with E-state index in [9.17, 15) is 4.55 Å².